The summed E-state index contributed by atoms with van der Waals surface area (Å²) in [5.41, 5.74) is 2.59. The Labute approximate surface area is 74.5 Å². The highest BCUT2D eigenvalue weighted by atomic mass is 16.4. The lowest BCUT2D eigenvalue weighted by molar-refractivity contribution is 0.320. The average Bonchev–Trinajstić information content (AvgIpc) is 2.46. The lowest BCUT2D eigenvalue weighted by Crippen LogP contribution is -1.77. The van der Waals surface area contributed by atoms with E-state index in [0.29, 0.717) is 11.5 Å². The van der Waals surface area contributed by atoms with Crippen LogP contribution in [0.5, 0.6) is 0 Å². The zero-order valence-corrected chi connectivity index (χ0v) is 7.06. The van der Waals surface area contributed by atoms with Gasteiger partial charge in [0.05, 0.1) is 0 Å². The van der Waals surface area contributed by atoms with Crippen LogP contribution < -0.4 is 0 Å². The van der Waals surface area contributed by atoms with Crippen molar-refractivity contribution >= 4 is 17.3 Å². The van der Waals surface area contributed by atoms with Gasteiger partial charge < -0.3 is 9.62 Å². The minimum Gasteiger partial charge on any atom is -0.435 e. The first-order valence-electron chi connectivity index (χ1n) is 3.84. The van der Waals surface area contributed by atoms with Crippen LogP contribution in [0.1, 0.15) is 11.5 Å². The monoisotopic (exact) mass is 176 g/mol. The van der Waals surface area contributed by atoms with Crippen molar-refractivity contribution in [2.75, 3.05) is 0 Å². The van der Waals surface area contributed by atoms with Gasteiger partial charge in [-0.15, -0.1) is 0 Å². The van der Waals surface area contributed by atoms with E-state index in [9.17, 15) is 0 Å². The Morgan fingerprint density at radius 3 is 3.15 bits per heavy atom. The van der Waals surface area contributed by atoms with E-state index < -0.39 is 0 Å². The molecular formula is C9H8N2O2. The third-order valence-electron chi connectivity index (χ3n) is 1.73. The van der Waals surface area contributed by atoms with Crippen LogP contribution in [0, 0.1) is 6.92 Å². The van der Waals surface area contributed by atoms with E-state index in [2.05, 4.69) is 10.1 Å². The van der Waals surface area contributed by atoms with Gasteiger partial charge >= 0.3 is 0 Å². The number of oxazole rings is 1. The Hall–Kier alpha value is -1.84. The molecule has 0 aliphatic heterocycles. The van der Waals surface area contributed by atoms with Crippen molar-refractivity contribution in [2.45, 2.75) is 6.92 Å². The van der Waals surface area contributed by atoms with Gasteiger partial charge in [-0.05, 0) is 24.6 Å². The number of hydrogen-bond acceptors (Lipinski definition) is 4. The van der Waals surface area contributed by atoms with Crippen molar-refractivity contribution in [3.63, 3.8) is 0 Å². The largest absolute Gasteiger partial charge is 0.435 e. The molecule has 1 aromatic carbocycles. The highest BCUT2D eigenvalue weighted by Gasteiger charge is 2.02. The van der Waals surface area contributed by atoms with E-state index in [-0.39, 0.29) is 0 Å². The number of aromatic nitrogens is 1. The van der Waals surface area contributed by atoms with E-state index in [0.717, 1.165) is 17.3 Å². The standard InChI is InChI=1S/C9H8N2O2/c1-6-2-3-8-7(4-6)11-9(13-8)5-10-12/h2-5,12H,1H3/b10-5-. The molecule has 0 amide bonds. The molecule has 13 heavy (non-hydrogen) atoms. The SMILES string of the molecule is Cc1ccc2oc(/C=N\O)nc2c1. The fourth-order valence-corrected chi connectivity index (χ4v) is 1.16. The van der Waals surface area contributed by atoms with Crippen molar-refractivity contribution < 1.29 is 9.62 Å². The van der Waals surface area contributed by atoms with E-state index in [1.165, 1.54) is 0 Å². The molecule has 1 heterocycles. The molecule has 1 aromatic heterocycles. The third kappa shape index (κ3) is 1.38. The maximum Gasteiger partial charge on any atom is 0.241 e. The molecule has 4 heteroatoms. The summed E-state index contributed by atoms with van der Waals surface area (Å²) in [4.78, 5) is 4.09. The Bertz CT molecular complexity index is 460. The maximum atomic E-state index is 8.27. The molecule has 2 rings (SSSR count). The molecule has 0 fully saturated rings. The van der Waals surface area contributed by atoms with Gasteiger partial charge in [0.25, 0.3) is 0 Å². The number of hydrogen-bond donors (Lipinski definition) is 1. The summed E-state index contributed by atoms with van der Waals surface area (Å²) < 4.78 is 5.24. The zero-order chi connectivity index (χ0) is 9.26. The smallest absolute Gasteiger partial charge is 0.241 e. The Morgan fingerprint density at radius 2 is 2.38 bits per heavy atom. The van der Waals surface area contributed by atoms with Crippen LogP contribution in [0.3, 0.4) is 0 Å². The number of fused-ring (bicyclic) bond motifs is 1. The van der Waals surface area contributed by atoms with Crippen molar-refractivity contribution in [3.8, 4) is 0 Å². The van der Waals surface area contributed by atoms with Crippen LogP contribution in [0.15, 0.2) is 27.8 Å². The maximum absolute atomic E-state index is 8.27. The van der Waals surface area contributed by atoms with Gasteiger partial charge in [-0.3, -0.25) is 0 Å². The third-order valence-corrected chi connectivity index (χ3v) is 1.73. The molecule has 0 unspecified atom stereocenters. The van der Waals surface area contributed by atoms with Gasteiger partial charge in [0, 0.05) is 0 Å². The van der Waals surface area contributed by atoms with Gasteiger partial charge in [-0.1, -0.05) is 11.2 Å². The number of oxime groups is 1. The van der Waals surface area contributed by atoms with Crippen LogP contribution in [0.25, 0.3) is 11.1 Å². The molecular weight excluding hydrogens is 168 g/mol. The van der Waals surface area contributed by atoms with Crippen molar-refractivity contribution in [2.24, 2.45) is 5.16 Å². The summed E-state index contributed by atoms with van der Waals surface area (Å²) in [6.07, 6.45) is 1.16. The first-order valence-corrected chi connectivity index (χ1v) is 3.84. The highest BCUT2D eigenvalue weighted by Crippen LogP contribution is 2.15. The summed E-state index contributed by atoms with van der Waals surface area (Å²) in [5.74, 6) is 0.308. The molecule has 0 bridgehead atoms. The fraction of sp³-hybridized carbons (Fsp3) is 0.111. The van der Waals surface area contributed by atoms with Crippen LogP contribution in [0.2, 0.25) is 0 Å². The summed E-state index contributed by atoms with van der Waals surface area (Å²) in [5, 5.41) is 11.1. The molecule has 4 nitrogen and oxygen atoms in total. The molecule has 0 spiro atoms. The van der Waals surface area contributed by atoms with Crippen LogP contribution in [0.4, 0.5) is 0 Å². The van der Waals surface area contributed by atoms with E-state index in [1.54, 1.807) is 0 Å². The van der Waals surface area contributed by atoms with Crippen molar-refractivity contribution in [3.05, 3.63) is 29.7 Å². The molecule has 0 saturated carbocycles. The number of aryl methyl sites for hydroxylation is 1. The Balaban J connectivity index is 2.62. The number of benzene rings is 1. The fourth-order valence-electron chi connectivity index (χ4n) is 1.16. The van der Waals surface area contributed by atoms with E-state index in [1.807, 2.05) is 25.1 Å². The molecule has 0 saturated heterocycles. The molecule has 2 aromatic rings. The van der Waals surface area contributed by atoms with Gasteiger partial charge in [0.1, 0.15) is 11.7 Å². The average molecular weight is 176 g/mol. The summed E-state index contributed by atoms with van der Waals surface area (Å²) in [7, 11) is 0. The number of rotatable bonds is 1. The van der Waals surface area contributed by atoms with Crippen LogP contribution >= 0.6 is 0 Å². The Kier molecular flexibility index (Phi) is 1.73. The highest BCUT2D eigenvalue weighted by molar-refractivity contribution is 5.81. The van der Waals surface area contributed by atoms with Crippen LogP contribution in [-0.4, -0.2) is 16.4 Å². The Morgan fingerprint density at radius 1 is 1.54 bits per heavy atom. The summed E-state index contributed by atoms with van der Waals surface area (Å²) >= 11 is 0. The topological polar surface area (TPSA) is 58.6 Å². The van der Waals surface area contributed by atoms with Gasteiger partial charge in [-0.25, -0.2) is 4.98 Å². The summed E-state index contributed by atoms with van der Waals surface area (Å²) in [6, 6.07) is 5.69. The molecule has 0 aliphatic rings. The van der Waals surface area contributed by atoms with E-state index in [4.69, 9.17) is 9.62 Å². The first-order chi connectivity index (χ1) is 6.29. The number of nitrogens with zero attached hydrogens (tertiary/aromatic N) is 2. The predicted molar refractivity (Wildman–Crippen MR) is 48.1 cm³/mol. The molecule has 0 atom stereocenters. The second-order valence-electron chi connectivity index (χ2n) is 2.77. The lowest BCUT2D eigenvalue weighted by atomic mass is 10.2. The van der Waals surface area contributed by atoms with E-state index >= 15 is 0 Å². The lowest BCUT2D eigenvalue weighted by Gasteiger charge is -1.87. The van der Waals surface area contributed by atoms with Gasteiger partial charge in [-0.2, -0.15) is 0 Å². The minimum absolute atomic E-state index is 0.308. The summed E-state index contributed by atoms with van der Waals surface area (Å²) in [6.45, 7) is 1.98. The zero-order valence-electron chi connectivity index (χ0n) is 7.06. The normalized spacial score (nSPS) is 11.5. The minimum atomic E-state index is 0.308. The molecule has 0 aliphatic carbocycles. The quantitative estimate of drug-likeness (QED) is 0.410. The van der Waals surface area contributed by atoms with Crippen molar-refractivity contribution in [1.82, 2.24) is 4.98 Å². The molecule has 0 radical (unpaired) electrons. The van der Waals surface area contributed by atoms with Crippen molar-refractivity contribution in [1.29, 1.82) is 0 Å². The molecule has 1 N–H and O–H groups in total. The first kappa shape index (κ1) is 7.79. The van der Waals surface area contributed by atoms with Gasteiger partial charge in [0.15, 0.2) is 5.58 Å². The second-order valence-corrected chi connectivity index (χ2v) is 2.77. The van der Waals surface area contributed by atoms with Gasteiger partial charge in [0.2, 0.25) is 5.89 Å². The second kappa shape index (κ2) is 2.90. The predicted octanol–water partition coefficient (Wildman–Crippen LogP) is 1.94. The van der Waals surface area contributed by atoms with Crippen LogP contribution in [-0.2, 0) is 0 Å². The molecule has 66 valence electrons.